The summed E-state index contributed by atoms with van der Waals surface area (Å²) < 4.78 is 7.43. The highest BCUT2D eigenvalue weighted by atomic mass is 32.3. The summed E-state index contributed by atoms with van der Waals surface area (Å²) in [5.41, 5.74) is 2.71. The maximum Gasteiger partial charge on any atom is 0.128 e. The molecule has 1 fully saturated rings. The smallest absolute Gasteiger partial charge is 0.128 e. The zero-order valence-corrected chi connectivity index (χ0v) is 14.9. The van der Waals surface area contributed by atoms with Gasteiger partial charge in [-0.2, -0.15) is 0 Å². The molecule has 1 heterocycles. The molecule has 1 aliphatic rings. The van der Waals surface area contributed by atoms with E-state index in [2.05, 4.69) is 25.1 Å². The maximum absolute atomic E-state index is 5.96. The molecule has 0 aliphatic carbocycles. The van der Waals surface area contributed by atoms with Gasteiger partial charge < -0.3 is 4.74 Å². The van der Waals surface area contributed by atoms with Crippen LogP contribution in [0.4, 0.5) is 0 Å². The van der Waals surface area contributed by atoms with E-state index in [0.717, 1.165) is 28.1 Å². The second-order valence-electron chi connectivity index (χ2n) is 4.79. The first-order valence-corrected chi connectivity index (χ1v) is 10.4. The zero-order chi connectivity index (χ0) is 15.2. The highest BCUT2D eigenvalue weighted by molar-refractivity contribution is 8.36. The normalized spacial score (nSPS) is 14.7. The van der Waals surface area contributed by atoms with Crippen molar-refractivity contribution in [1.82, 2.24) is 0 Å². The van der Waals surface area contributed by atoms with E-state index in [1.165, 1.54) is 15.4 Å². The van der Waals surface area contributed by atoms with Gasteiger partial charge in [0.1, 0.15) is 11.5 Å². The molecule has 0 unspecified atom stereocenters. The van der Waals surface area contributed by atoms with Crippen molar-refractivity contribution in [1.29, 1.82) is 0 Å². The Bertz CT molecular complexity index is 644. The summed E-state index contributed by atoms with van der Waals surface area (Å²) in [6, 6.07) is 18.4. The van der Waals surface area contributed by atoms with Crippen LogP contribution in [-0.4, -0.2) is 10.2 Å². The zero-order valence-electron chi connectivity index (χ0n) is 12.5. The molecule has 2 aromatic rings. The average Bonchev–Trinajstić information content (AvgIpc) is 2.58. The molecule has 1 nitrogen and oxygen atoms in total. The first kappa shape index (κ1) is 15.9. The molecule has 4 heteroatoms. The molecule has 0 saturated carbocycles. The third-order valence-electron chi connectivity index (χ3n) is 3.31. The summed E-state index contributed by atoms with van der Waals surface area (Å²) in [7, 11) is 0. The van der Waals surface area contributed by atoms with Crippen LogP contribution in [-0.2, 0) is 0 Å². The van der Waals surface area contributed by atoms with Gasteiger partial charge in [-0.3, -0.25) is 0 Å². The van der Waals surface area contributed by atoms with Gasteiger partial charge in [0.05, 0.1) is 0 Å². The van der Waals surface area contributed by atoms with Gasteiger partial charge in [-0.25, -0.2) is 0 Å². The molecule has 0 bridgehead atoms. The Morgan fingerprint density at radius 3 is 2.41 bits per heavy atom. The van der Waals surface area contributed by atoms with Crippen LogP contribution in [0.1, 0.15) is 18.9 Å². The first-order chi connectivity index (χ1) is 10.9. The van der Waals surface area contributed by atoms with E-state index in [1.54, 1.807) is 0 Å². The molecule has 0 N–H and O–H groups in total. The van der Waals surface area contributed by atoms with Crippen LogP contribution in [0.15, 0.2) is 58.8 Å². The van der Waals surface area contributed by atoms with Crippen molar-refractivity contribution in [2.24, 2.45) is 0 Å². The van der Waals surface area contributed by atoms with Crippen molar-refractivity contribution in [3.8, 4) is 11.5 Å². The molecular formula is C18H18OS3. The Kier molecular flexibility index (Phi) is 5.82. The summed E-state index contributed by atoms with van der Waals surface area (Å²) in [6.45, 7) is 2.23. The molecule has 3 rings (SSSR count). The number of thioether (sulfide) groups is 3. The van der Waals surface area contributed by atoms with E-state index in [-0.39, 0.29) is 0 Å². The van der Waals surface area contributed by atoms with Gasteiger partial charge in [-0.1, -0.05) is 37.3 Å². The van der Waals surface area contributed by atoms with Crippen LogP contribution in [0.25, 0.3) is 5.57 Å². The minimum atomic E-state index is 0.878. The quantitative estimate of drug-likeness (QED) is 0.610. The second-order valence-corrected chi connectivity index (χ2v) is 8.74. The maximum atomic E-state index is 5.96. The Labute approximate surface area is 144 Å². The van der Waals surface area contributed by atoms with Gasteiger partial charge in [0.15, 0.2) is 0 Å². The standard InChI is InChI=1S/C18H18OS3/c1-2-17(18-21-12-20-13-22-18)14-7-6-10-16(11-14)19-15-8-4-3-5-9-15/h3-11H,2,12-13H2,1H3. The summed E-state index contributed by atoms with van der Waals surface area (Å²) in [4.78, 5) is 0. The highest BCUT2D eigenvalue weighted by Gasteiger charge is 2.14. The highest BCUT2D eigenvalue weighted by Crippen LogP contribution is 2.45. The summed E-state index contributed by atoms with van der Waals surface area (Å²) in [5, 5.41) is 2.32. The third kappa shape index (κ3) is 4.06. The number of benzene rings is 2. The molecule has 22 heavy (non-hydrogen) atoms. The monoisotopic (exact) mass is 346 g/mol. The SMILES string of the molecule is CCC(=C1SCSCS1)c1cccc(Oc2ccccc2)c1. The van der Waals surface area contributed by atoms with Crippen molar-refractivity contribution >= 4 is 40.9 Å². The van der Waals surface area contributed by atoms with Gasteiger partial charge in [-0.15, -0.1) is 35.3 Å². The van der Waals surface area contributed by atoms with E-state index in [9.17, 15) is 0 Å². The first-order valence-electron chi connectivity index (χ1n) is 7.26. The largest absolute Gasteiger partial charge is 0.457 e. The average molecular weight is 347 g/mol. The minimum absolute atomic E-state index is 0.878. The van der Waals surface area contributed by atoms with Crippen molar-refractivity contribution < 1.29 is 4.74 Å². The lowest BCUT2D eigenvalue weighted by Gasteiger charge is -2.18. The molecule has 0 atom stereocenters. The predicted octanol–water partition coefficient (Wildman–Crippen LogP) is 6.69. The Morgan fingerprint density at radius 2 is 1.68 bits per heavy atom. The second kappa shape index (κ2) is 8.04. The fourth-order valence-corrected chi connectivity index (χ4v) is 6.76. The van der Waals surface area contributed by atoms with Crippen LogP contribution in [0.3, 0.4) is 0 Å². The Hall–Kier alpha value is -0.970. The molecule has 114 valence electrons. The van der Waals surface area contributed by atoms with Crippen molar-refractivity contribution in [2.45, 2.75) is 13.3 Å². The minimum Gasteiger partial charge on any atom is -0.457 e. The van der Waals surface area contributed by atoms with Crippen molar-refractivity contribution in [3.05, 3.63) is 64.4 Å². The van der Waals surface area contributed by atoms with E-state index in [1.807, 2.05) is 71.7 Å². The molecule has 2 aromatic carbocycles. The summed E-state index contributed by atoms with van der Waals surface area (Å²) in [5.74, 6) is 1.78. The van der Waals surface area contributed by atoms with Crippen molar-refractivity contribution in [2.75, 3.05) is 10.2 Å². The lowest BCUT2D eigenvalue weighted by molar-refractivity contribution is 0.482. The topological polar surface area (TPSA) is 9.23 Å². The lowest BCUT2D eigenvalue weighted by atomic mass is 10.1. The van der Waals surface area contributed by atoms with Gasteiger partial charge in [0.25, 0.3) is 0 Å². The molecule has 0 spiro atoms. The Morgan fingerprint density at radius 1 is 0.955 bits per heavy atom. The molecule has 0 amide bonds. The summed E-state index contributed by atoms with van der Waals surface area (Å²) in [6.07, 6.45) is 1.05. The number of para-hydroxylation sites is 1. The number of hydrogen-bond acceptors (Lipinski definition) is 4. The van der Waals surface area contributed by atoms with Crippen LogP contribution in [0, 0.1) is 0 Å². The molecule has 0 radical (unpaired) electrons. The van der Waals surface area contributed by atoms with Crippen LogP contribution in [0.5, 0.6) is 11.5 Å². The fraction of sp³-hybridized carbons (Fsp3) is 0.222. The van der Waals surface area contributed by atoms with E-state index < -0.39 is 0 Å². The van der Waals surface area contributed by atoms with Crippen molar-refractivity contribution in [3.63, 3.8) is 0 Å². The number of ether oxygens (including phenoxy) is 1. The van der Waals surface area contributed by atoms with Crippen LogP contribution < -0.4 is 4.74 Å². The van der Waals surface area contributed by atoms with Crippen LogP contribution >= 0.6 is 35.3 Å². The third-order valence-corrected chi connectivity index (χ3v) is 7.31. The van der Waals surface area contributed by atoms with Gasteiger partial charge in [0, 0.05) is 14.4 Å². The van der Waals surface area contributed by atoms with Gasteiger partial charge >= 0.3 is 0 Å². The number of allylic oxidation sites excluding steroid dienone is 1. The van der Waals surface area contributed by atoms with Crippen LogP contribution in [0.2, 0.25) is 0 Å². The van der Waals surface area contributed by atoms with E-state index in [0.29, 0.717) is 0 Å². The summed E-state index contributed by atoms with van der Waals surface area (Å²) >= 11 is 5.92. The lowest BCUT2D eigenvalue weighted by Crippen LogP contribution is -1.92. The fourth-order valence-electron chi connectivity index (χ4n) is 2.28. The van der Waals surface area contributed by atoms with Gasteiger partial charge in [0.2, 0.25) is 0 Å². The van der Waals surface area contributed by atoms with E-state index >= 15 is 0 Å². The van der Waals surface area contributed by atoms with E-state index in [4.69, 9.17) is 4.74 Å². The number of rotatable bonds is 4. The molecular weight excluding hydrogens is 328 g/mol. The molecule has 0 aromatic heterocycles. The Balaban J connectivity index is 1.86. The number of hydrogen-bond donors (Lipinski definition) is 0. The predicted molar refractivity (Wildman–Crippen MR) is 103 cm³/mol. The molecule has 1 aliphatic heterocycles. The van der Waals surface area contributed by atoms with Gasteiger partial charge in [-0.05, 0) is 41.8 Å². The molecule has 1 saturated heterocycles.